The second-order valence-electron chi connectivity index (χ2n) is 5.74. The Bertz CT molecular complexity index is 679. The van der Waals surface area contributed by atoms with Crippen LogP contribution in [-0.2, 0) is 20.8 Å². The zero-order valence-corrected chi connectivity index (χ0v) is 13.5. The van der Waals surface area contributed by atoms with Crippen LogP contribution in [0.15, 0.2) is 60.7 Å². The van der Waals surface area contributed by atoms with Crippen molar-refractivity contribution in [1.82, 2.24) is 0 Å². The molecule has 0 amide bonds. The van der Waals surface area contributed by atoms with Crippen LogP contribution in [0.2, 0.25) is 0 Å². The minimum atomic E-state index is -1.70. The zero-order chi connectivity index (χ0) is 17.6. The summed E-state index contributed by atoms with van der Waals surface area (Å²) >= 11 is 0. The third-order valence-corrected chi connectivity index (χ3v) is 3.94. The molecule has 0 bridgehead atoms. The van der Waals surface area contributed by atoms with E-state index in [1.165, 1.54) is 0 Å². The van der Waals surface area contributed by atoms with Crippen molar-refractivity contribution >= 4 is 5.97 Å². The first kappa shape index (κ1) is 17.5. The largest absolute Gasteiger partial charge is 0.459 e. The van der Waals surface area contributed by atoms with Gasteiger partial charge in [0.05, 0.1) is 12.2 Å². The maximum Gasteiger partial charge on any atom is 0.338 e. The maximum atomic E-state index is 14.1. The molecule has 2 aromatic rings. The molecule has 0 radical (unpaired) electrons. The first-order valence-corrected chi connectivity index (χ1v) is 8.00. The SMILES string of the molecule is O=C(OC[C@H]1OC(O)[C@H](F)[C@@H]1OCc1ccccc1)c1ccccc1. The fourth-order valence-electron chi connectivity index (χ4n) is 2.61. The van der Waals surface area contributed by atoms with Gasteiger partial charge in [-0.25, -0.2) is 9.18 Å². The quantitative estimate of drug-likeness (QED) is 0.814. The van der Waals surface area contributed by atoms with E-state index in [4.69, 9.17) is 14.2 Å². The molecular formula is C19H19FO5. The van der Waals surface area contributed by atoms with Crippen molar-refractivity contribution in [3.63, 3.8) is 0 Å². The van der Waals surface area contributed by atoms with E-state index in [1.807, 2.05) is 30.3 Å². The van der Waals surface area contributed by atoms with Crippen molar-refractivity contribution in [2.75, 3.05) is 6.61 Å². The molecule has 132 valence electrons. The van der Waals surface area contributed by atoms with Gasteiger partial charge in [0.1, 0.15) is 18.8 Å². The molecule has 5 nitrogen and oxygen atoms in total. The van der Waals surface area contributed by atoms with Gasteiger partial charge in [-0.1, -0.05) is 48.5 Å². The standard InChI is InChI=1S/C19H19FO5/c20-16-17(23-11-13-7-3-1-4-8-13)15(25-19(16)22)12-24-18(21)14-9-5-2-6-10-14/h1-10,15-17,19,22H,11-12H2/t15-,16-,17-,19?/m1/s1. The van der Waals surface area contributed by atoms with Crippen molar-refractivity contribution in [3.8, 4) is 0 Å². The van der Waals surface area contributed by atoms with Crippen LogP contribution in [0.5, 0.6) is 0 Å². The van der Waals surface area contributed by atoms with Crippen LogP contribution >= 0.6 is 0 Å². The van der Waals surface area contributed by atoms with Crippen LogP contribution in [0.4, 0.5) is 4.39 Å². The predicted molar refractivity (Wildman–Crippen MR) is 87.5 cm³/mol. The van der Waals surface area contributed by atoms with Gasteiger partial charge in [0.2, 0.25) is 0 Å². The molecule has 6 heteroatoms. The summed E-state index contributed by atoms with van der Waals surface area (Å²) in [6, 6.07) is 17.7. The lowest BCUT2D eigenvalue weighted by atomic mass is 10.1. The number of hydrogen-bond acceptors (Lipinski definition) is 5. The van der Waals surface area contributed by atoms with Gasteiger partial charge in [0, 0.05) is 0 Å². The van der Waals surface area contributed by atoms with Crippen LogP contribution < -0.4 is 0 Å². The van der Waals surface area contributed by atoms with Crippen LogP contribution in [-0.4, -0.2) is 42.4 Å². The van der Waals surface area contributed by atoms with Crippen LogP contribution in [0.25, 0.3) is 0 Å². The van der Waals surface area contributed by atoms with Gasteiger partial charge < -0.3 is 19.3 Å². The zero-order valence-electron chi connectivity index (χ0n) is 13.5. The summed E-state index contributed by atoms with van der Waals surface area (Å²) < 4.78 is 30.0. The van der Waals surface area contributed by atoms with Crippen molar-refractivity contribution in [3.05, 3.63) is 71.8 Å². The Labute approximate surface area is 144 Å². The summed E-state index contributed by atoms with van der Waals surface area (Å²) in [7, 11) is 0. The molecule has 0 aliphatic carbocycles. The number of halogens is 1. The molecule has 0 aromatic heterocycles. The smallest absolute Gasteiger partial charge is 0.338 e. The van der Waals surface area contributed by atoms with Crippen LogP contribution in [0.3, 0.4) is 0 Å². The molecule has 1 saturated heterocycles. The number of alkyl halides is 1. The van der Waals surface area contributed by atoms with E-state index in [0.29, 0.717) is 5.56 Å². The number of rotatable bonds is 6. The summed E-state index contributed by atoms with van der Waals surface area (Å²) in [6.07, 6.45) is -5.19. The highest BCUT2D eigenvalue weighted by Crippen LogP contribution is 2.26. The number of aliphatic hydroxyl groups excluding tert-OH is 1. The lowest BCUT2D eigenvalue weighted by molar-refractivity contribution is -0.123. The molecule has 25 heavy (non-hydrogen) atoms. The van der Waals surface area contributed by atoms with Gasteiger partial charge in [-0.15, -0.1) is 0 Å². The number of aliphatic hydroxyl groups is 1. The van der Waals surface area contributed by atoms with Gasteiger partial charge in [0.15, 0.2) is 12.5 Å². The Kier molecular flexibility index (Phi) is 5.75. The van der Waals surface area contributed by atoms with E-state index in [1.54, 1.807) is 30.3 Å². The molecule has 1 aliphatic heterocycles. The van der Waals surface area contributed by atoms with Crippen LogP contribution in [0, 0.1) is 0 Å². The highest BCUT2D eigenvalue weighted by Gasteiger charge is 2.45. The Morgan fingerprint density at radius 3 is 2.40 bits per heavy atom. The molecule has 4 atom stereocenters. The van der Waals surface area contributed by atoms with E-state index >= 15 is 0 Å². The number of ether oxygens (including phenoxy) is 3. The first-order valence-electron chi connectivity index (χ1n) is 8.00. The Hall–Kier alpha value is -2.28. The molecule has 1 heterocycles. The van der Waals surface area contributed by atoms with Crippen molar-refractivity contribution < 1.29 is 28.5 Å². The molecule has 0 spiro atoms. The molecule has 0 saturated carbocycles. The van der Waals surface area contributed by atoms with E-state index in [-0.39, 0.29) is 13.2 Å². The fourth-order valence-corrected chi connectivity index (χ4v) is 2.61. The van der Waals surface area contributed by atoms with Gasteiger partial charge in [0.25, 0.3) is 0 Å². The van der Waals surface area contributed by atoms with E-state index in [0.717, 1.165) is 5.56 Å². The van der Waals surface area contributed by atoms with E-state index < -0.39 is 30.6 Å². The number of esters is 1. The van der Waals surface area contributed by atoms with Gasteiger partial charge in [-0.2, -0.15) is 0 Å². The number of carbonyl (C=O) groups is 1. The average molecular weight is 346 g/mol. The summed E-state index contributed by atoms with van der Waals surface area (Å²) in [5, 5.41) is 9.60. The molecule has 1 fully saturated rings. The second-order valence-corrected chi connectivity index (χ2v) is 5.74. The molecule has 1 unspecified atom stereocenters. The molecule has 1 N–H and O–H groups in total. The minimum absolute atomic E-state index is 0.172. The Balaban J connectivity index is 1.57. The molecular weight excluding hydrogens is 327 g/mol. The van der Waals surface area contributed by atoms with E-state index in [9.17, 15) is 14.3 Å². The third-order valence-electron chi connectivity index (χ3n) is 3.94. The monoisotopic (exact) mass is 346 g/mol. The number of carbonyl (C=O) groups excluding carboxylic acids is 1. The normalized spacial score (nSPS) is 25.7. The van der Waals surface area contributed by atoms with E-state index in [2.05, 4.69) is 0 Å². The van der Waals surface area contributed by atoms with Crippen molar-refractivity contribution in [2.24, 2.45) is 0 Å². The summed E-state index contributed by atoms with van der Waals surface area (Å²) in [5.74, 6) is -0.539. The maximum absolute atomic E-state index is 14.1. The molecule has 2 aromatic carbocycles. The summed E-state index contributed by atoms with van der Waals surface area (Å²) in [4.78, 5) is 12.0. The first-order chi connectivity index (χ1) is 12.1. The fraction of sp³-hybridized carbons (Fsp3) is 0.316. The highest BCUT2D eigenvalue weighted by molar-refractivity contribution is 5.89. The van der Waals surface area contributed by atoms with Gasteiger partial charge in [-0.05, 0) is 17.7 Å². The summed E-state index contributed by atoms with van der Waals surface area (Å²) in [6.45, 7) is -0.0319. The minimum Gasteiger partial charge on any atom is -0.459 e. The highest BCUT2D eigenvalue weighted by atomic mass is 19.1. The number of hydrogen-bond donors (Lipinski definition) is 1. The van der Waals surface area contributed by atoms with Crippen molar-refractivity contribution in [1.29, 1.82) is 0 Å². The van der Waals surface area contributed by atoms with Crippen LogP contribution in [0.1, 0.15) is 15.9 Å². The Morgan fingerprint density at radius 1 is 1.08 bits per heavy atom. The summed E-state index contributed by atoms with van der Waals surface area (Å²) in [5.41, 5.74) is 1.26. The lowest BCUT2D eigenvalue weighted by Crippen LogP contribution is -2.35. The predicted octanol–water partition coefficient (Wildman–Crippen LogP) is 2.48. The third kappa shape index (κ3) is 4.42. The second kappa shape index (κ2) is 8.20. The number of benzene rings is 2. The Morgan fingerprint density at radius 2 is 1.72 bits per heavy atom. The lowest BCUT2D eigenvalue weighted by Gasteiger charge is -2.19. The molecule has 3 rings (SSSR count). The topological polar surface area (TPSA) is 65.0 Å². The van der Waals surface area contributed by atoms with Gasteiger partial charge in [-0.3, -0.25) is 0 Å². The van der Waals surface area contributed by atoms with Gasteiger partial charge >= 0.3 is 5.97 Å². The molecule has 1 aliphatic rings. The average Bonchev–Trinajstić information content (AvgIpc) is 2.93. The van der Waals surface area contributed by atoms with Crippen molar-refractivity contribution in [2.45, 2.75) is 31.3 Å².